The molecule has 1 aliphatic heterocycles. The first-order chi connectivity index (χ1) is 8.65. The fraction of sp³-hybridized carbons (Fsp3) is 0.333. The van der Waals surface area contributed by atoms with Crippen LogP contribution in [0.2, 0.25) is 0 Å². The number of aliphatic imine (C=N–C) groups is 1. The normalized spacial score (nSPS) is 12.7. The SMILES string of the molecule is N=C(N=C(N)N)SCCc1ccc2c(c1)CCO2. The van der Waals surface area contributed by atoms with Crippen molar-refractivity contribution in [1.82, 2.24) is 0 Å². The molecule has 0 atom stereocenters. The summed E-state index contributed by atoms with van der Waals surface area (Å²) >= 11 is 1.34. The van der Waals surface area contributed by atoms with Crippen LogP contribution in [0.5, 0.6) is 5.75 Å². The van der Waals surface area contributed by atoms with Gasteiger partial charge in [0.25, 0.3) is 0 Å². The minimum Gasteiger partial charge on any atom is -0.493 e. The molecule has 0 aromatic heterocycles. The highest BCUT2D eigenvalue weighted by atomic mass is 32.2. The van der Waals surface area contributed by atoms with Crippen LogP contribution >= 0.6 is 11.8 Å². The minimum atomic E-state index is -0.0674. The van der Waals surface area contributed by atoms with Crippen molar-refractivity contribution < 1.29 is 4.74 Å². The van der Waals surface area contributed by atoms with E-state index in [1.165, 1.54) is 22.9 Å². The van der Waals surface area contributed by atoms with Crippen molar-refractivity contribution in [2.24, 2.45) is 16.5 Å². The summed E-state index contributed by atoms with van der Waals surface area (Å²) in [4.78, 5) is 3.66. The van der Waals surface area contributed by atoms with E-state index in [0.717, 1.165) is 31.0 Å². The van der Waals surface area contributed by atoms with E-state index in [1.807, 2.05) is 6.07 Å². The Morgan fingerprint density at radius 3 is 3.06 bits per heavy atom. The lowest BCUT2D eigenvalue weighted by Crippen LogP contribution is -2.23. The molecular weight excluding hydrogens is 248 g/mol. The Morgan fingerprint density at radius 1 is 1.44 bits per heavy atom. The number of fused-ring (bicyclic) bond motifs is 1. The smallest absolute Gasteiger partial charge is 0.193 e. The van der Waals surface area contributed by atoms with Gasteiger partial charge in [0.15, 0.2) is 11.1 Å². The van der Waals surface area contributed by atoms with Gasteiger partial charge in [-0.1, -0.05) is 23.9 Å². The maximum absolute atomic E-state index is 7.50. The molecular formula is C12H16N4OS. The summed E-state index contributed by atoms with van der Waals surface area (Å²) in [6.07, 6.45) is 1.88. The first-order valence-corrected chi connectivity index (χ1v) is 6.69. The van der Waals surface area contributed by atoms with Crippen molar-refractivity contribution in [3.8, 4) is 5.75 Å². The molecule has 0 saturated carbocycles. The van der Waals surface area contributed by atoms with E-state index in [-0.39, 0.29) is 11.1 Å². The lowest BCUT2D eigenvalue weighted by atomic mass is 10.1. The first-order valence-electron chi connectivity index (χ1n) is 5.71. The van der Waals surface area contributed by atoms with Crippen molar-refractivity contribution in [3.05, 3.63) is 29.3 Å². The quantitative estimate of drug-likeness (QED) is 0.562. The van der Waals surface area contributed by atoms with Gasteiger partial charge in [-0.3, -0.25) is 5.41 Å². The lowest BCUT2D eigenvalue weighted by molar-refractivity contribution is 0.357. The number of nitrogens with zero attached hydrogens (tertiary/aromatic N) is 1. The molecule has 0 saturated heterocycles. The third-order valence-corrected chi connectivity index (χ3v) is 3.39. The number of rotatable bonds is 3. The number of nitrogens with one attached hydrogen (secondary N) is 1. The van der Waals surface area contributed by atoms with Gasteiger partial charge in [0.05, 0.1) is 6.61 Å². The predicted molar refractivity (Wildman–Crippen MR) is 75.3 cm³/mol. The van der Waals surface area contributed by atoms with Gasteiger partial charge in [0.2, 0.25) is 0 Å². The van der Waals surface area contributed by atoms with Crippen LogP contribution in [0.15, 0.2) is 23.2 Å². The van der Waals surface area contributed by atoms with E-state index < -0.39 is 0 Å². The molecule has 0 bridgehead atoms. The van der Waals surface area contributed by atoms with Crippen LogP contribution in [0.4, 0.5) is 0 Å². The van der Waals surface area contributed by atoms with Gasteiger partial charge in [0.1, 0.15) is 5.75 Å². The van der Waals surface area contributed by atoms with E-state index in [0.29, 0.717) is 0 Å². The van der Waals surface area contributed by atoms with Crippen molar-refractivity contribution in [2.75, 3.05) is 12.4 Å². The molecule has 1 aromatic carbocycles. The van der Waals surface area contributed by atoms with Gasteiger partial charge in [0, 0.05) is 12.2 Å². The van der Waals surface area contributed by atoms with Crippen molar-refractivity contribution in [3.63, 3.8) is 0 Å². The molecule has 1 aromatic rings. The van der Waals surface area contributed by atoms with Crippen molar-refractivity contribution >= 4 is 22.9 Å². The number of hydrogen-bond acceptors (Lipinski definition) is 3. The van der Waals surface area contributed by atoms with Crippen molar-refractivity contribution in [1.29, 1.82) is 5.41 Å². The largest absolute Gasteiger partial charge is 0.493 e. The molecule has 0 amide bonds. The Kier molecular flexibility index (Phi) is 4.09. The summed E-state index contributed by atoms with van der Waals surface area (Å²) in [6, 6.07) is 6.26. The number of aryl methyl sites for hydroxylation is 1. The molecule has 0 unspecified atom stereocenters. The summed E-state index contributed by atoms with van der Waals surface area (Å²) in [5.74, 6) is 1.72. The molecule has 0 spiro atoms. The zero-order valence-electron chi connectivity index (χ0n) is 9.98. The van der Waals surface area contributed by atoms with E-state index >= 15 is 0 Å². The molecule has 0 fully saturated rings. The highest BCUT2D eigenvalue weighted by Crippen LogP contribution is 2.26. The maximum atomic E-state index is 7.50. The Morgan fingerprint density at radius 2 is 2.28 bits per heavy atom. The van der Waals surface area contributed by atoms with Crippen LogP contribution in [-0.4, -0.2) is 23.5 Å². The fourth-order valence-electron chi connectivity index (χ4n) is 1.81. The molecule has 2 rings (SSSR count). The number of thioether (sulfide) groups is 1. The zero-order chi connectivity index (χ0) is 13.0. The zero-order valence-corrected chi connectivity index (χ0v) is 10.8. The molecule has 96 valence electrons. The number of benzene rings is 1. The van der Waals surface area contributed by atoms with Gasteiger partial charge >= 0.3 is 0 Å². The van der Waals surface area contributed by atoms with Crippen LogP contribution in [0, 0.1) is 5.41 Å². The fourth-order valence-corrected chi connectivity index (χ4v) is 2.51. The Labute approximate surface area is 110 Å². The second kappa shape index (κ2) is 5.77. The third kappa shape index (κ3) is 3.40. The molecule has 5 nitrogen and oxygen atoms in total. The number of guanidine groups is 1. The molecule has 0 radical (unpaired) electrons. The molecule has 6 heteroatoms. The number of nitrogens with two attached hydrogens (primary N) is 2. The summed E-state index contributed by atoms with van der Waals surface area (Å²) < 4.78 is 5.46. The van der Waals surface area contributed by atoms with E-state index in [1.54, 1.807) is 0 Å². The maximum Gasteiger partial charge on any atom is 0.193 e. The third-order valence-electron chi connectivity index (χ3n) is 2.61. The average Bonchev–Trinajstić information content (AvgIpc) is 2.75. The predicted octanol–water partition coefficient (Wildman–Crippen LogP) is 1.11. The summed E-state index contributed by atoms with van der Waals surface area (Å²) in [5.41, 5.74) is 12.9. The molecule has 1 heterocycles. The minimum absolute atomic E-state index is 0.0674. The number of ether oxygens (including phenoxy) is 1. The van der Waals surface area contributed by atoms with Crippen LogP contribution in [-0.2, 0) is 12.8 Å². The molecule has 0 aliphatic carbocycles. The Hall–Kier alpha value is -1.69. The van der Waals surface area contributed by atoms with E-state index in [2.05, 4.69) is 17.1 Å². The number of amidine groups is 1. The van der Waals surface area contributed by atoms with Gasteiger partial charge in [-0.05, 0) is 23.6 Å². The summed E-state index contributed by atoms with van der Waals surface area (Å²) in [6.45, 7) is 0.780. The van der Waals surface area contributed by atoms with Gasteiger partial charge in [-0.25, -0.2) is 0 Å². The highest BCUT2D eigenvalue weighted by Gasteiger charge is 2.11. The monoisotopic (exact) mass is 264 g/mol. The number of hydrogen-bond donors (Lipinski definition) is 3. The standard InChI is InChI=1S/C12H16N4OS/c13-11(14)16-12(15)18-6-4-8-1-2-10-9(7-8)3-5-17-10/h1-2,7H,3-6H2,(H5,13,14,15,16). The molecule has 1 aliphatic rings. The summed E-state index contributed by atoms with van der Waals surface area (Å²) in [5, 5.41) is 7.66. The second-order valence-electron chi connectivity index (χ2n) is 3.98. The highest BCUT2D eigenvalue weighted by molar-refractivity contribution is 8.13. The molecule has 5 N–H and O–H groups in total. The summed E-state index contributed by atoms with van der Waals surface area (Å²) in [7, 11) is 0. The Bertz CT molecular complexity index is 483. The van der Waals surface area contributed by atoms with Crippen LogP contribution in [0.1, 0.15) is 11.1 Å². The molecule has 18 heavy (non-hydrogen) atoms. The first kappa shape index (κ1) is 12.8. The average molecular weight is 264 g/mol. The van der Waals surface area contributed by atoms with Crippen LogP contribution in [0.25, 0.3) is 0 Å². The van der Waals surface area contributed by atoms with E-state index in [4.69, 9.17) is 21.6 Å². The second-order valence-corrected chi connectivity index (χ2v) is 5.06. The topological polar surface area (TPSA) is 97.5 Å². The van der Waals surface area contributed by atoms with Gasteiger partial charge in [-0.15, -0.1) is 0 Å². The lowest BCUT2D eigenvalue weighted by Gasteiger charge is -2.03. The Balaban J connectivity index is 1.84. The van der Waals surface area contributed by atoms with Crippen LogP contribution in [0.3, 0.4) is 0 Å². The van der Waals surface area contributed by atoms with Gasteiger partial charge < -0.3 is 16.2 Å². The van der Waals surface area contributed by atoms with Crippen molar-refractivity contribution in [2.45, 2.75) is 12.8 Å². The van der Waals surface area contributed by atoms with Crippen LogP contribution < -0.4 is 16.2 Å². The van der Waals surface area contributed by atoms with E-state index in [9.17, 15) is 0 Å². The van der Waals surface area contributed by atoms with Gasteiger partial charge in [-0.2, -0.15) is 4.99 Å².